The number of rotatable bonds is 3. The van der Waals surface area contributed by atoms with Gasteiger partial charge in [-0.2, -0.15) is 0 Å². The Morgan fingerprint density at radius 2 is 1.95 bits per heavy atom. The predicted molar refractivity (Wildman–Crippen MR) is 72.8 cm³/mol. The second-order valence-electron chi connectivity index (χ2n) is 5.37. The maximum atomic E-state index is 12.1. The molecular formula is C14H18N2O4. The molecule has 1 saturated carbocycles. The number of carboxylic acid groups (broad SMARTS) is 1. The van der Waals surface area contributed by atoms with E-state index >= 15 is 0 Å². The first-order chi connectivity index (χ1) is 9.31. The van der Waals surface area contributed by atoms with Gasteiger partial charge in [0.25, 0.3) is 11.5 Å². The summed E-state index contributed by atoms with van der Waals surface area (Å²) in [6.45, 7) is 3.66. The van der Waals surface area contributed by atoms with Crippen LogP contribution in [-0.4, -0.2) is 27.6 Å². The first kappa shape index (κ1) is 14.3. The van der Waals surface area contributed by atoms with Crippen LogP contribution in [-0.2, 0) is 11.8 Å². The summed E-state index contributed by atoms with van der Waals surface area (Å²) in [5, 5.41) is 11.5. The fourth-order valence-electron chi connectivity index (χ4n) is 2.34. The van der Waals surface area contributed by atoms with E-state index in [2.05, 4.69) is 5.32 Å². The van der Waals surface area contributed by atoms with Crippen molar-refractivity contribution in [2.45, 2.75) is 32.7 Å². The van der Waals surface area contributed by atoms with Gasteiger partial charge in [0, 0.05) is 18.8 Å². The molecule has 108 valence electrons. The van der Waals surface area contributed by atoms with E-state index in [0.717, 1.165) is 11.3 Å². The first-order valence-corrected chi connectivity index (χ1v) is 6.52. The molecule has 0 atom stereocenters. The Labute approximate surface area is 116 Å². The number of aryl methyl sites for hydroxylation is 1. The smallest absolute Gasteiger partial charge is 0.306 e. The molecule has 6 nitrogen and oxygen atoms in total. The SMILES string of the molecule is Cc1cc(C(=O)NC2CC(C(=O)O)C2)c(=O)n(C)c1C. The minimum atomic E-state index is -0.836. The molecule has 2 N–H and O–H groups in total. The Hall–Kier alpha value is -2.11. The van der Waals surface area contributed by atoms with Gasteiger partial charge in [-0.25, -0.2) is 0 Å². The van der Waals surface area contributed by atoms with E-state index in [0.29, 0.717) is 12.8 Å². The Kier molecular flexibility index (Phi) is 3.65. The lowest BCUT2D eigenvalue weighted by molar-refractivity contribution is -0.145. The summed E-state index contributed by atoms with van der Waals surface area (Å²) in [6, 6.07) is 1.43. The van der Waals surface area contributed by atoms with Crippen molar-refractivity contribution >= 4 is 11.9 Å². The third-order valence-corrected chi connectivity index (χ3v) is 4.04. The number of nitrogens with zero attached hydrogens (tertiary/aromatic N) is 1. The summed E-state index contributed by atoms with van der Waals surface area (Å²) in [7, 11) is 1.63. The van der Waals surface area contributed by atoms with E-state index in [1.54, 1.807) is 13.1 Å². The standard InChI is InChI=1S/C14H18N2O4/c1-7-4-11(13(18)16(3)8(7)2)12(17)15-10-5-9(6-10)14(19)20/h4,9-10H,5-6H2,1-3H3,(H,15,17)(H,19,20). The Morgan fingerprint density at radius 1 is 1.35 bits per heavy atom. The zero-order valence-corrected chi connectivity index (χ0v) is 11.8. The maximum absolute atomic E-state index is 12.1. The van der Waals surface area contributed by atoms with Gasteiger partial charge in [-0.15, -0.1) is 0 Å². The van der Waals surface area contributed by atoms with Crippen molar-refractivity contribution in [3.63, 3.8) is 0 Å². The maximum Gasteiger partial charge on any atom is 0.306 e. The highest BCUT2D eigenvalue weighted by Gasteiger charge is 2.35. The van der Waals surface area contributed by atoms with Crippen LogP contribution < -0.4 is 10.9 Å². The van der Waals surface area contributed by atoms with Gasteiger partial charge in [0.2, 0.25) is 0 Å². The molecule has 1 aromatic heterocycles. The molecule has 1 aliphatic carbocycles. The molecule has 0 aromatic carbocycles. The van der Waals surface area contributed by atoms with Crippen molar-refractivity contribution in [2.75, 3.05) is 0 Å². The van der Waals surface area contributed by atoms with E-state index in [1.807, 2.05) is 13.8 Å². The molecule has 1 heterocycles. The minimum absolute atomic E-state index is 0.106. The van der Waals surface area contributed by atoms with Crippen molar-refractivity contribution in [1.29, 1.82) is 0 Å². The summed E-state index contributed by atoms with van der Waals surface area (Å²) in [6.07, 6.45) is 0.846. The van der Waals surface area contributed by atoms with Gasteiger partial charge in [0.05, 0.1) is 5.92 Å². The van der Waals surface area contributed by atoms with Crippen molar-refractivity contribution < 1.29 is 14.7 Å². The van der Waals surface area contributed by atoms with E-state index in [-0.39, 0.29) is 23.1 Å². The lowest BCUT2D eigenvalue weighted by Crippen LogP contribution is -2.48. The van der Waals surface area contributed by atoms with Gasteiger partial charge in [-0.05, 0) is 38.3 Å². The summed E-state index contributed by atoms with van der Waals surface area (Å²) >= 11 is 0. The van der Waals surface area contributed by atoms with Crippen LogP contribution >= 0.6 is 0 Å². The average Bonchev–Trinajstić information content (AvgIpc) is 2.34. The van der Waals surface area contributed by atoms with Crippen LogP contribution in [0.2, 0.25) is 0 Å². The molecule has 0 bridgehead atoms. The zero-order chi connectivity index (χ0) is 15.0. The van der Waals surface area contributed by atoms with Crippen LogP contribution in [0.3, 0.4) is 0 Å². The van der Waals surface area contributed by atoms with E-state index in [4.69, 9.17) is 5.11 Å². The number of hydrogen-bond acceptors (Lipinski definition) is 3. The fraction of sp³-hybridized carbons (Fsp3) is 0.500. The number of pyridine rings is 1. The summed E-state index contributed by atoms with van der Waals surface area (Å²) < 4.78 is 1.45. The number of carboxylic acids is 1. The van der Waals surface area contributed by atoms with Crippen LogP contribution in [0.5, 0.6) is 0 Å². The molecule has 1 aromatic rings. The second kappa shape index (κ2) is 5.11. The molecular weight excluding hydrogens is 260 g/mol. The summed E-state index contributed by atoms with van der Waals surface area (Å²) in [5.41, 5.74) is 1.46. The van der Waals surface area contributed by atoms with E-state index in [9.17, 15) is 14.4 Å². The molecule has 0 unspecified atom stereocenters. The van der Waals surface area contributed by atoms with Crippen molar-refractivity contribution in [3.8, 4) is 0 Å². The third-order valence-electron chi connectivity index (χ3n) is 4.04. The Morgan fingerprint density at radius 3 is 2.50 bits per heavy atom. The first-order valence-electron chi connectivity index (χ1n) is 6.52. The second-order valence-corrected chi connectivity index (χ2v) is 5.37. The highest BCUT2D eigenvalue weighted by atomic mass is 16.4. The van der Waals surface area contributed by atoms with Gasteiger partial charge >= 0.3 is 5.97 Å². The summed E-state index contributed by atoms with van der Waals surface area (Å²) in [4.78, 5) is 34.8. The van der Waals surface area contributed by atoms with Gasteiger partial charge in [-0.1, -0.05) is 0 Å². The van der Waals surface area contributed by atoms with E-state index < -0.39 is 11.9 Å². The molecule has 0 radical (unpaired) electrons. The lowest BCUT2D eigenvalue weighted by atomic mass is 9.80. The lowest BCUT2D eigenvalue weighted by Gasteiger charge is -2.32. The molecule has 0 aliphatic heterocycles. The van der Waals surface area contributed by atoms with Crippen molar-refractivity contribution in [3.05, 3.63) is 33.2 Å². The topological polar surface area (TPSA) is 88.4 Å². The molecule has 0 saturated heterocycles. The number of aromatic nitrogens is 1. The zero-order valence-electron chi connectivity index (χ0n) is 11.8. The molecule has 2 rings (SSSR count). The Bertz CT molecular complexity index is 627. The third kappa shape index (κ3) is 2.45. The molecule has 1 amide bonds. The predicted octanol–water partition coefficient (Wildman–Crippen LogP) is 0.595. The highest BCUT2D eigenvalue weighted by molar-refractivity contribution is 5.94. The van der Waals surface area contributed by atoms with Crippen molar-refractivity contribution in [1.82, 2.24) is 9.88 Å². The quantitative estimate of drug-likeness (QED) is 0.847. The molecule has 1 aliphatic rings. The van der Waals surface area contributed by atoms with Gasteiger partial charge in [0.1, 0.15) is 5.56 Å². The molecule has 0 spiro atoms. The van der Waals surface area contributed by atoms with Crippen LogP contribution in [0.1, 0.15) is 34.5 Å². The normalized spacial score (nSPS) is 21.1. The van der Waals surface area contributed by atoms with Crippen LogP contribution in [0.4, 0.5) is 0 Å². The van der Waals surface area contributed by atoms with Crippen LogP contribution in [0.15, 0.2) is 10.9 Å². The highest BCUT2D eigenvalue weighted by Crippen LogP contribution is 2.27. The molecule has 1 fully saturated rings. The minimum Gasteiger partial charge on any atom is -0.481 e. The van der Waals surface area contributed by atoms with Crippen LogP contribution in [0, 0.1) is 19.8 Å². The number of nitrogens with one attached hydrogen (secondary N) is 1. The number of amides is 1. The number of hydrogen-bond donors (Lipinski definition) is 2. The number of carbonyl (C=O) groups excluding carboxylic acids is 1. The number of carbonyl (C=O) groups is 2. The Balaban J connectivity index is 2.12. The molecule has 6 heteroatoms. The average molecular weight is 278 g/mol. The van der Waals surface area contributed by atoms with Crippen molar-refractivity contribution in [2.24, 2.45) is 13.0 Å². The molecule has 20 heavy (non-hydrogen) atoms. The number of aliphatic carboxylic acids is 1. The fourth-order valence-corrected chi connectivity index (χ4v) is 2.34. The largest absolute Gasteiger partial charge is 0.481 e. The van der Waals surface area contributed by atoms with Gasteiger partial charge in [-0.3, -0.25) is 14.4 Å². The van der Waals surface area contributed by atoms with E-state index in [1.165, 1.54) is 4.57 Å². The van der Waals surface area contributed by atoms with Crippen LogP contribution in [0.25, 0.3) is 0 Å². The summed E-state index contributed by atoms with van der Waals surface area (Å²) in [5.74, 6) is -1.65. The monoisotopic (exact) mass is 278 g/mol. The van der Waals surface area contributed by atoms with Gasteiger partial charge in [0.15, 0.2) is 0 Å². The van der Waals surface area contributed by atoms with Gasteiger partial charge < -0.3 is 15.0 Å².